The van der Waals surface area contributed by atoms with Crippen LogP contribution in [0.1, 0.15) is 11.3 Å². The predicted molar refractivity (Wildman–Crippen MR) is 93.7 cm³/mol. The van der Waals surface area contributed by atoms with Gasteiger partial charge in [0.25, 0.3) is 0 Å². The molecule has 116 valence electrons. The highest BCUT2D eigenvalue weighted by atomic mass is 32.2. The predicted octanol–water partition coefficient (Wildman–Crippen LogP) is 2.97. The highest BCUT2D eigenvalue weighted by Crippen LogP contribution is 2.22. The van der Waals surface area contributed by atoms with Crippen LogP contribution in [-0.4, -0.2) is 37.5 Å². The van der Waals surface area contributed by atoms with E-state index in [9.17, 15) is 0 Å². The molecule has 0 saturated carbocycles. The fraction of sp³-hybridized carbons (Fsp3) is 0.389. The zero-order chi connectivity index (χ0) is 15.5. The third-order valence-electron chi connectivity index (χ3n) is 4.17. The quantitative estimate of drug-likeness (QED) is 0.810. The lowest BCUT2D eigenvalue weighted by atomic mass is 10.1. The smallest absolute Gasteiger partial charge is 0.212 e. The van der Waals surface area contributed by atoms with Crippen molar-refractivity contribution < 1.29 is 9.30 Å². The number of ether oxygens (including phenoxy) is 1. The molecule has 2 heterocycles. The first-order valence-corrected chi connectivity index (χ1v) is 8.89. The summed E-state index contributed by atoms with van der Waals surface area (Å²) in [5, 5.41) is 2.60. The van der Waals surface area contributed by atoms with Crippen molar-refractivity contribution in [1.82, 2.24) is 4.90 Å². The van der Waals surface area contributed by atoms with Gasteiger partial charge in [0.05, 0.1) is 18.2 Å². The van der Waals surface area contributed by atoms with Crippen LogP contribution >= 0.6 is 11.8 Å². The third kappa shape index (κ3) is 3.13. The van der Waals surface area contributed by atoms with Gasteiger partial charge in [-0.15, -0.1) is 11.8 Å². The number of benzene rings is 1. The van der Waals surface area contributed by atoms with Gasteiger partial charge >= 0.3 is 0 Å². The van der Waals surface area contributed by atoms with E-state index < -0.39 is 0 Å². The molecule has 0 amide bonds. The average Bonchev–Trinajstić information content (AvgIpc) is 2.55. The molecule has 2 aromatic rings. The Bertz CT molecular complexity index is 706. The number of hydrogen-bond donors (Lipinski definition) is 0. The second kappa shape index (κ2) is 6.71. The molecule has 0 radical (unpaired) electrons. The molecule has 0 bridgehead atoms. The molecule has 1 aromatic heterocycles. The summed E-state index contributed by atoms with van der Waals surface area (Å²) in [6.07, 6.45) is 4.43. The summed E-state index contributed by atoms with van der Waals surface area (Å²) in [6, 6.07) is 11.0. The summed E-state index contributed by atoms with van der Waals surface area (Å²) in [6.45, 7) is 5.73. The normalized spacial score (nSPS) is 16.3. The highest BCUT2D eigenvalue weighted by molar-refractivity contribution is 8.02. The van der Waals surface area contributed by atoms with Crippen LogP contribution in [0.2, 0.25) is 0 Å². The number of hydrogen-bond acceptors (Lipinski definition) is 3. The summed E-state index contributed by atoms with van der Waals surface area (Å²) in [5.74, 6) is 0. The summed E-state index contributed by atoms with van der Waals surface area (Å²) in [7, 11) is 2.14. The Morgan fingerprint density at radius 2 is 2.00 bits per heavy atom. The molecule has 3 nitrogen and oxygen atoms in total. The van der Waals surface area contributed by atoms with E-state index in [1.807, 2.05) is 0 Å². The van der Waals surface area contributed by atoms with E-state index in [4.69, 9.17) is 4.74 Å². The number of pyridine rings is 1. The maximum absolute atomic E-state index is 5.45. The molecular formula is C18H23N2OS+. The van der Waals surface area contributed by atoms with E-state index in [2.05, 4.69) is 66.1 Å². The van der Waals surface area contributed by atoms with E-state index in [1.165, 1.54) is 27.2 Å². The van der Waals surface area contributed by atoms with Crippen molar-refractivity contribution >= 4 is 28.7 Å². The largest absolute Gasteiger partial charge is 0.378 e. The fourth-order valence-corrected chi connectivity index (χ4v) is 3.55. The molecule has 1 aromatic carbocycles. The zero-order valence-corrected chi connectivity index (χ0v) is 14.3. The molecule has 1 saturated heterocycles. The first kappa shape index (κ1) is 15.4. The molecule has 1 aliphatic heterocycles. The van der Waals surface area contributed by atoms with Gasteiger partial charge in [-0.25, -0.2) is 0 Å². The minimum Gasteiger partial charge on any atom is -0.378 e. The molecule has 0 atom stereocenters. The monoisotopic (exact) mass is 315 g/mol. The topological polar surface area (TPSA) is 16.4 Å². The van der Waals surface area contributed by atoms with Crippen molar-refractivity contribution in [2.75, 3.05) is 32.6 Å². The molecule has 1 fully saturated rings. The average molecular weight is 315 g/mol. The van der Waals surface area contributed by atoms with Gasteiger partial charge in [-0.2, -0.15) is 4.57 Å². The van der Waals surface area contributed by atoms with Crippen molar-refractivity contribution in [1.29, 1.82) is 0 Å². The number of rotatable bonds is 3. The fourth-order valence-electron chi connectivity index (χ4n) is 2.87. The lowest BCUT2D eigenvalue weighted by Crippen LogP contribution is -2.36. The van der Waals surface area contributed by atoms with Crippen LogP contribution < -0.4 is 4.57 Å². The molecule has 0 N–H and O–H groups in total. The SMILES string of the molecule is CS/C(=C\c1ccc2cc(C)ccc2[n+]1C)N1CCOCC1. The number of aryl methyl sites for hydroxylation is 2. The van der Waals surface area contributed by atoms with E-state index in [-0.39, 0.29) is 0 Å². The van der Waals surface area contributed by atoms with Gasteiger partial charge in [0, 0.05) is 36.7 Å². The van der Waals surface area contributed by atoms with Gasteiger partial charge in [0.15, 0.2) is 0 Å². The Balaban J connectivity index is 1.99. The molecule has 3 rings (SSSR count). The second-order valence-electron chi connectivity index (χ2n) is 5.67. The Morgan fingerprint density at radius 1 is 1.23 bits per heavy atom. The zero-order valence-electron chi connectivity index (χ0n) is 13.5. The van der Waals surface area contributed by atoms with E-state index in [0.717, 1.165) is 26.3 Å². The van der Waals surface area contributed by atoms with E-state index in [0.29, 0.717) is 0 Å². The van der Waals surface area contributed by atoms with Crippen LogP contribution in [0.3, 0.4) is 0 Å². The number of nitrogens with zero attached hydrogens (tertiary/aromatic N) is 2. The minimum atomic E-state index is 0.820. The van der Waals surface area contributed by atoms with Crippen molar-refractivity contribution in [2.45, 2.75) is 6.92 Å². The Labute approximate surface area is 136 Å². The number of fused-ring (bicyclic) bond motifs is 1. The lowest BCUT2D eigenvalue weighted by Gasteiger charge is -2.29. The maximum Gasteiger partial charge on any atom is 0.212 e. The summed E-state index contributed by atoms with van der Waals surface area (Å²) < 4.78 is 7.72. The van der Waals surface area contributed by atoms with E-state index in [1.54, 1.807) is 11.8 Å². The summed E-state index contributed by atoms with van der Waals surface area (Å²) in [4.78, 5) is 2.41. The standard InChI is InChI=1S/C18H23N2OS/c1-14-4-7-17-15(12-14)5-6-16(19(17)2)13-18(22-3)20-8-10-21-11-9-20/h4-7,12-13H,8-11H2,1-3H3/q+1. The van der Waals surface area contributed by atoms with Crippen LogP contribution in [0.5, 0.6) is 0 Å². The summed E-state index contributed by atoms with van der Waals surface area (Å²) in [5.41, 5.74) is 3.79. The molecule has 1 aliphatic rings. The molecule has 0 unspecified atom stereocenters. The van der Waals surface area contributed by atoms with Crippen LogP contribution in [-0.2, 0) is 11.8 Å². The van der Waals surface area contributed by atoms with Gasteiger partial charge < -0.3 is 9.64 Å². The number of thioether (sulfide) groups is 1. The molecule has 4 heteroatoms. The van der Waals surface area contributed by atoms with Crippen molar-refractivity contribution in [2.24, 2.45) is 7.05 Å². The van der Waals surface area contributed by atoms with Gasteiger partial charge in [-0.05, 0) is 25.3 Å². The molecular weight excluding hydrogens is 292 g/mol. The van der Waals surface area contributed by atoms with Gasteiger partial charge in [-0.1, -0.05) is 11.6 Å². The Morgan fingerprint density at radius 3 is 2.73 bits per heavy atom. The Hall–Kier alpha value is -1.52. The molecule has 0 spiro atoms. The highest BCUT2D eigenvalue weighted by Gasteiger charge is 2.16. The third-order valence-corrected chi connectivity index (χ3v) is 4.96. The van der Waals surface area contributed by atoms with Crippen LogP contribution in [0, 0.1) is 6.92 Å². The van der Waals surface area contributed by atoms with Crippen molar-refractivity contribution in [3.63, 3.8) is 0 Å². The summed E-state index contributed by atoms with van der Waals surface area (Å²) >= 11 is 1.81. The molecule has 22 heavy (non-hydrogen) atoms. The van der Waals surface area contributed by atoms with Crippen molar-refractivity contribution in [3.05, 3.63) is 46.6 Å². The van der Waals surface area contributed by atoms with Crippen LogP contribution in [0.4, 0.5) is 0 Å². The lowest BCUT2D eigenvalue weighted by molar-refractivity contribution is -0.646. The van der Waals surface area contributed by atoms with E-state index >= 15 is 0 Å². The number of morpholine rings is 1. The first-order chi connectivity index (χ1) is 10.7. The van der Waals surface area contributed by atoms with Gasteiger partial charge in [0.2, 0.25) is 11.2 Å². The van der Waals surface area contributed by atoms with Crippen molar-refractivity contribution in [3.8, 4) is 0 Å². The Kier molecular flexibility index (Phi) is 4.69. The minimum absolute atomic E-state index is 0.820. The maximum atomic E-state index is 5.45. The van der Waals surface area contributed by atoms with Gasteiger partial charge in [-0.3, -0.25) is 0 Å². The van der Waals surface area contributed by atoms with Crippen LogP contribution in [0.15, 0.2) is 35.4 Å². The van der Waals surface area contributed by atoms with Gasteiger partial charge in [0.1, 0.15) is 7.05 Å². The first-order valence-electron chi connectivity index (χ1n) is 7.67. The second-order valence-corrected chi connectivity index (χ2v) is 6.49. The molecule has 0 aliphatic carbocycles. The van der Waals surface area contributed by atoms with Crippen LogP contribution in [0.25, 0.3) is 17.0 Å². The number of aromatic nitrogens is 1.